The van der Waals surface area contributed by atoms with E-state index in [4.69, 9.17) is 16.3 Å². The van der Waals surface area contributed by atoms with Gasteiger partial charge in [-0.2, -0.15) is 0 Å². The van der Waals surface area contributed by atoms with Gasteiger partial charge in [0.05, 0.1) is 12.1 Å². The molecule has 2 heterocycles. The Morgan fingerprint density at radius 1 is 1.40 bits per heavy atom. The van der Waals surface area contributed by atoms with E-state index >= 15 is 0 Å². The Hall–Kier alpha value is -2.64. The standard InChI is InChI=1S/C17H14ClN3O3S/c1-24-15-8-11(5-6-13(15)18)17-20-14(10-25-17)16(22)19-9-12-4-2-3-7-21(12)23/h2-8,10H,9H2,1H3,(H-,19,22,23)/p+1. The fourth-order valence-electron chi connectivity index (χ4n) is 2.17. The molecule has 0 bridgehead atoms. The topological polar surface area (TPSA) is 75.3 Å². The molecule has 3 aromatic rings. The van der Waals surface area contributed by atoms with Crippen molar-refractivity contribution in [3.8, 4) is 16.3 Å². The van der Waals surface area contributed by atoms with Gasteiger partial charge in [0.2, 0.25) is 6.20 Å². The molecule has 0 radical (unpaired) electrons. The first kappa shape index (κ1) is 17.2. The average Bonchev–Trinajstić information content (AvgIpc) is 3.11. The second kappa shape index (κ2) is 7.50. The number of benzene rings is 1. The third-order valence-corrected chi connectivity index (χ3v) is 4.69. The molecule has 1 aromatic carbocycles. The van der Waals surface area contributed by atoms with Crippen LogP contribution < -0.4 is 14.8 Å². The number of hydrogen-bond acceptors (Lipinski definition) is 5. The largest absolute Gasteiger partial charge is 0.495 e. The fraction of sp³-hybridized carbons (Fsp3) is 0.118. The first-order valence-corrected chi connectivity index (χ1v) is 8.60. The number of aromatic nitrogens is 2. The molecular weight excluding hydrogens is 362 g/mol. The Morgan fingerprint density at radius 3 is 3.00 bits per heavy atom. The molecule has 2 aromatic heterocycles. The molecular formula is C17H15ClN3O3S+. The minimum atomic E-state index is -0.313. The predicted octanol–water partition coefficient (Wildman–Crippen LogP) is 2.93. The SMILES string of the molecule is COc1cc(-c2nc(C(=O)NCc3cccc[n+]3O)cs2)ccc1Cl. The molecule has 0 aliphatic heterocycles. The number of carbonyl (C=O) groups excluding carboxylic acids is 1. The number of thiazole rings is 1. The molecule has 0 unspecified atom stereocenters. The second-order valence-corrected chi connectivity index (χ2v) is 6.37. The molecule has 0 saturated carbocycles. The number of nitrogens with zero attached hydrogens (tertiary/aromatic N) is 2. The van der Waals surface area contributed by atoms with Crippen LogP contribution >= 0.6 is 22.9 Å². The monoisotopic (exact) mass is 376 g/mol. The van der Waals surface area contributed by atoms with Crippen LogP contribution in [0.15, 0.2) is 48.0 Å². The second-order valence-electron chi connectivity index (χ2n) is 5.11. The van der Waals surface area contributed by atoms with Gasteiger partial charge in [-0.15, -0.1) is 11.3 Å². The smallest absolute Gasteiger partial charge is 0.271 e. The summed E-state index contributed by atoms with van der Waals surface area (Å²) in [6, 6.07) is 10.5. The summed E-state index contributed by atoms with van der Waals surface area (Å²) in [7, 11) is 1.54. The van der Waals surface area contributed by atoms with Gasteiger partial charge in [0.1, 0.15) is 23.0 Å². The normalized spacial score (nSPS) is 10.5. The molecule has 128 valence electrons. The number of methoxy groups -OCH3 is 1. The summed E-state index contributed by atoms with van der Waals surface area (Å²) in [6.07, 6.45) is 1.50. The fourth-order valence-corrected chi connectivity index (χ4v) is 3.17. The van der Waals surface area contributed by atoms with Crippen molar-refractivity contribution in [2.45, 2.75) is 6.54 Å². The van der Waals surface area contributed by atoms with Crippen molar-refractivity contribution in [1.29, 1.82) is 0 Å². The lowest BCUT2D eigenvalue weighted by molar-refractivity contribution is -0.909. The zero-order chi connectivity index (χ0) is 17.8. The Morgan fingerprint density at radius 2 is 2.24 bits per heavy atom. The van der Waals surface area contributed by atoms with Crippen molar-refractivity contribution in [3.63, 3.8) is 0 Å². The van der Waals surface area contributed by atoms with Gasteiger partial charge in [-0.1, -0.05) is 17.7 Å². The highest BCUT2D eigenvalue weighted by molar-refractivity contribution is 7.13. The molecule has 3 rings (SSSR count). The van der Waals surface area contributed by atoms with Crippen LogP contribution in [0.5, 0.6) is 5.75 Å². The van der Waals surface area contributed by atoms with Crippen LogP contribution in [0.4, 0.5) is 0 Å². The van der Waals surface area contributed by atoms with Crippen molar-refractivity contribution in [2.75, 3.05) is 7.11 Å². The molecule has 0 fully saturated rings. The quantitative estimate of drug-likeness (QED) is 0.530. The summed E-state index contributed by atoms with van der Waals surface area (Å²) in [5.41, 5.74) is 1.70. The first-order chi connectivity index (χ1) is 12.1. The van der Waals surface area contributed by atoms with E-state index in [0.29, 0.717) is 27.2 Å². The van der Waals surface area contributed by atoms with Crippen LogP contribution in [0.25, 0.3) is 10.6 Å². The van der Waals surface area contributed by atoms with Crippen LogP contribution in [0.2, 0.25) is 5.02 Å². The Balaban J connectivity index is 1.72. The zero-order valence-corrected chi connectivity index (χ0v) is 14.8. The van der Waals surface area contributed by atoms with Crippen LogP contribution in [0, 0.1) is 0 Å². The third-order valence-electron chi connectivity index (χ3n) is 3.49. The number of rotatable bonds is 5. The molecule has 0 aliphatic rings. The molecule has 0 spiro atoms. The van der Waals surface area contributed by atoms with Crippen molar-refractivity contribution in [2.24, 2.45) is 0 Å². The number of amides is 1. The number of nitrogens with one attached hydrogen (secondary N) is 1. The highest BCUT2D eigenvalue weighted by Crippen LogP contribution is 2.31. The molecule has 25 heavy (non-hydrogen) atoms. The van der Waals surface area contributed by atoms with Crippen molar-refractivity contribution in [3.05, 3.63) is 64.4 Å². The molecule has 1 amide bonds. The lowest BCUT2D eigenvalue weighted by Crippen LogP contribution is -2.38. The number of hydrogen-bond donors (Lipinski definition) is 2. The maximum Gasteiger partial charge on any atom is 0.271 e. The highest BCUT2D eigenvalue weighted by Gasteiger charge is 2.15. The van der Waals surface area contributed by atoms with Crippen molar-refractivity contribution < 1.29 is 19.5 Å². The van der Waals surface area contributed by atoms with E-state index in [1.165, 1.54) is 17.5 Å². The van der Waals surface area contributed by atoms with E-state index < -0.39 is 0 Å². The molecule has 8 heteroatoms. The lowest BCUT2D eigenvalue weighted by atomic mass is 10.2. The highest BCUT2D eigenvalue weighted by atomic mass is 35.5. The van der Waals surface area contributed by atoms with E-state index in [2.05, 4.69) is 10.3 Å². The van der Waals surface area contributed by atoms with Gasteiger partial charge in [0.25, 0.3) is 11.6 Å². The van der Waals surface area contributed by atoms with E-state index in [0.717, 1.165) is 10.3 Å². The van der Waals surface area contributed by atoms with Crippen molar-refractivity contribution in [1.82, 2.24) is 10.3 Å². The van der Waals surface area contributed by atoms with E-state index in [-0.39, 0.29) is 12.5 Å². The predicted molar refractivity (Wildman–Crippen MR) is 94.1 cm³/mol. The van der Waals surface area contributed by atoms with E-state index in [9.17, 15) is 10.0 Å². The Labute approximate surface area is 153 Å². The summed E-state index contributed by atoms with van der Waals surface area (Å²) in [6.45, 7) is 0.192. The average molecular weight is 377 g/mol. The summed E-state index contributed by atoms with van der Waals surface area (Å²) in [4.78, 5) is 16.6. The summed E-state index contributed by atoms with van der Waals surface area (Å²) in [5, 5.41) is 15.3. The zero-order valence-electron chi connectivity index (χ0n) is 13.3. The lowest BCUT2D eigenvalue weighted by Gasteiger charge is -2.04. The number of halogens is 1. The Kier molecular flexibility index (Phi) is 5.16. The summed E-state index contributed by atoms with van der Waals surface area (Å²) in [5.74, 6) is 0.240. The summed E-state index contributed by atoms with van der Waals surface area (Å²) >= 11 is 7.38. The van der Waals surface area contributed by atoms with Gasteiger partial charge < -0.3 is 10.1 Å². The van der Waals surface area contributed by atoms with Gasteiger partial charge in [-0.25, -0.2) is 4.98 Å². The van der Waals surface area contributed by atoms with Gasteiger partial charge >= 0.3 is 0 Å². The number of ether oxygens (including phenoxy) is 1. The van der Waals surface area contributed by atoms with Gasteiger partial charge in [-0.05, 0) is 18.2 Å². The molecule has 6 nitrogen and oxygen atoms in total. The number of carbonyl (C=O) groups is 1. The minimum absolute atomic E-state index is 0.192. The maximum atomic E-state index is 12.2. The summed E-state index contributed by atoms with van der Waals surface area (Å²) < 4.78 is 6.16. The minimum Gasteiger partial charge on any atom is -0.495 e. The van der Waals surface area contributed by atoms with Crippen molar-refractivity contribution >= 4 is 28.8 Å². The van der Waals surface area contributed by atoms with Crippen LogP contribution in [0.3, 0.4) is 0 Å². The maximum absolute atomic E-state index is 12.2. The molecule has 0 atom stereocenters. The van der Waals surface area contributed by atoms with E-state index in [1.807, 2.05) is 6.07 Å². The van der Waals surface area contributed by atoms with Crippen LogP contribution in [-0.4, -0.2) is 23.2 Å². The molecule has 0 saturated heterocycles. The van der Waals surface area contributed by atoms with E-state index in [1.54, 1.807) is 42.8 Å². The van der Waals surface area contributed by atoms with Gasteiger partial charge in [0.15, 0.2) is 0 Å². The number of pyridine rings is 1. The Bertz CT molecular complexity index is 914. The van der Waals surface area contributed by atoms with Gasteiger partial charge in [-0.3, -0.25) is 10.0 Å². The molecule has 2 N–H and O–H groups in total. The van der Waals surface area contributed by atoms with Crippen LogP contribution in [0.1, 0.15) is 16.2 Å². The van der Waals surface area contributed by atoms with Crippen LogP contribution in [-0.2, 0) is 6.54 Å². The first-order valence-electron chi connectivity index (χ1n) is 7.35. The van der Waals surface area contributed by atoms with Gasteiger partial charge in [0, 0.05) is 27.8 Å². The third kappa shape index (κ3) is 3.89. The molecule has 0 aliphatic carbocycles.